The molecule has 0 rings (SSSR count). The summed E-state index contributed by atoms with van der Waals surface area (Å²) < 4.78 is 0. The zero-order chi connectivity index (χ0) is 7.82. The van der Waals surface area contributed by atoms with E-state index in [-0.39, 0.29) is 5.97 Å². The van der Waals surface area contributed by atoms with Crippen LogP contribution in [-0.2, 0) is 9.63 Å². The van der Waals surface area contributed by atoms with Gasteiger partial charge in [-0.05, 0) is 12.8 Å². The monoisotopic (exact) mass is 209 g/mol. The molecule has 0 bridgehead atoms. The van der Waals surface area contributed by atoms with Crippen LogP contribution in [0, 0.1) is 0 Å². The van der Waals surface area contributed by atoms with Gasteiger partial charge in [0.15, 0.2) is 0 Å². The molecule has 0 atom stereocenters. The first-order valence-electron chi connectivity index (χ1n) is 3.26. The molecule has 0 fully saturated rings. The maximum Gasteiger partial charge on any atom is 0.324 e. The summed E-state index contributed by atoms with van der Waals surface area (Å²) in [5.41, 5.74) is 0. The summed E-state index contributed by atoms with van der Waals surface area (Å²) in [4.78, 5) is 14.4. The fourth-order valence-electron chi connectivity index (χ4n) is 0.600. The Morgan fingerprint density at radius 3 is 2.60 bits per heavy atom. The Balaban J connectivity index is 2.96. The molecule has 0 aliphatic rings. The summed E-state index contributed by atoms with van der Waals surface area (Å²) in [6, 6.07) is 0. The molecule has 4 heteroatoms. The van der Waals surface area contributed by atoms with E-state index in [4.69, 9.17) is 0 Å². The van der Waals surface area contributed by atoms with Crippen molar-refractivity contribution in [1.29, 1.82) is 0 Å². The predicted molar refractivity (Wildman–Crippen MR) is 42.5 cm³/mol. The largest absolute Gasteiger partial charge is 0.373 e. The number of nitrogens with two attached hydrogens (primary N) is 1. The van der Waals surface area contributed by atoms with Crippen molar-refractivity contribution in [3.63, 3.8) is 0 Å². The fraction of sp³-hybridized carbons (Fsp3) is 0.833. The number of hydrogen-bond acceptors (Lipinski definition) is 3. The zero-order valence-electron chi connectivity index (χ0n) is 5.81. The molecule has 0 amide bonds. The van der Waals surface area contributed by atoms with Gasteiger partial charge in [0.25, 0.3) is 0 Å². The van der Waals surface area contributed by atoms with Crippen LogP contribution in [0.1, 0.15) is 25.7 Å². The third-order valence-electron chi connectivity index (χ3n) is 1.15. The minimum Gasteiger partial charge on any atom is -0.373 e. The van der Waals surface area contributed by atoms with Crippen LogP contribution in [0.2, 0.25) is 0 Å². The van der Waals surface area contributed by atoms with E-state index in [0.717, 1.165) is 24.6 Å². The van der Waals surface area contributed by atoms with Gasteiger partial charge in [0.2, 0.25) is 0 Å². The lowest BCUT2D eigenvalue weighted by atomic mass is 10.2. The molecule has 3 nitrogen and oxygen atoms in total. The molecule has 0 aromatic carbocycles. The lowest BCUT2D eigenvalue weighted by molar-refractivity contribution is -0.144. The Bertz CT molecular complexity index is 97.7. The van der Waals surface area contributed by atoms with Crippen molar-refractivity contribution >= 4 is 21.9 Å². The molecule has 0 aliphatic carbocycles. The molecule has 0 unspecified atom stereocenters. The number of rotatable bonds is 5. The molecule has 0 aliphatic heterocycles. The minimum atomic E-state index is -0.324. The Labute approximate surface area is 69.0 Å². The summed E-state index contributed by atoms with van der Waals surface area (Å²) >= 11 is 3.29. The molecule has 0 saturated heterocycles. The maximum atomic E-state index is 10.4. The first-order chi connectivity index (χ1) is 4.81. The lowest BCUT2D eigenvalue weighted by Gasteiger charge is -1.96. The van der Waals surface area contributed by atoms with Crippen LogP contribution in [0.3, 0.4) is 0 Å². The molecule has 0 saturated carbocycles. The highest BCUT2D eigenvalue weighted by Gasteiger charge is 1.98. The molecule has 10 heavy (non-hydrogen) atoms. The smallest absolute Gasteiger partial charge is 0.324 e. The van der Waals surface area contributed by atoms with E-state index in [0.29, 0.717) is 6.42 Å². The van der Waals surface area contributed by atoms with Crippen LogP contribution in [0.25, 0.3) is 0 Å². The SMILES string of the molecule is NOC(=O)CCCCCBr. The van der Waals surface area contributed by atoms with E-state index in [9.17, 15) is 4.79 Å². The Morgan fingerprint density at radius 1 is 1.40 bits per heavy atom. The van der Waals surface area contributed by atoms with Crippen LogP contribution < -0.4 is 5.90 Å². The molecule has 0 spiro atoms. The van der Waals surface area contributed by atoms with Crippen molar-refractivity contribution in [3.8, 4) is 0 Å². The van der Waals surface area contributed by atoms with Crippen LogP contribution in [0.4, 0.5) is 0 Å². The second-order valence-corrected chi connectivity index (χ2v) is 2.78. The quantitative estimate of drug-likeness (QED) is 0.423. The van der Waals surface area contributed by atoms with Crippen LogP contribution in [-0.4, -0.2) is 11.3 Å². The van der Waals surface area contributed by atoms with Gasteiger partial charge < -0.3 is 4.84 Å². The second-order valence-electron chi connectivity index (χ2n) is 1.99. The van der Waals surface area contributed by atoms with Gasteiger partial charge in [0.05, 0.1) is 0 Å². The van der Waals surface area contributed by atoms with E-state index < -0.39 is 0 Å². The zero-order valence-corrected chi connectivity index (χ0v) is 7.39. The van der Waals surface area contributed by atoms with Crippen molar-refractivity contribution in [2.45, 2.75) is 25.7 Å². The summed E-state index contributed by atoms with van der Waals surface area (Å²) in [6.45, 7) is 0. The number of alkyl halides is 1. The first kappa shape index (κ1) is 9.91. The van der Waals surface area contributed by atoms with Gasteiger partial charge in [-0.3, -0.25) is 4.79 Å². The number of carbonyl (C=O) groups is 1. The van der Waals surface area contributed by atoms with E-state index in [1.165, 1.54) is 0 Å². The molecule has 0 aromatic heterocycles. The third kappa shape index (κ3) is 6.04. The molecular formula is C6H12BrNO2. The second kappa shape index (κ2) is 7.02. The summed E-state index contributed by atoms with van der Waals surface area (Å²) in [7, 11) is 0. The van der Waals surface area contributed by atoms with Gasteiger partial charge in [-0.25, -0.2) is 0 Å². The van der Waals surface area contributed by atoms with Crippen molar-refractivity contribution in [2.24, 2.45) is 5.90 Å². The molecule has 0 radical (unpaired) electrons. The normalized spacial score (nSPS) is 9.40. The van der Waals surface area contributed by atoms with Crippen molar-refractivity contribution < 1.29 is 9.63 Å². The number of hydrogen-bond donors (Lipinski definition) is 1. The lowest BCUT2D eigenvalue weighted by Crippen LogP contribution is -2.08. The molecule has 60 valence electrons. The maximum absolute atomic E-state index is 10.4. The Morgan fingerprint density at radius 2 is 2.10 bits per heavy atom. The van der Waals surface area contributed by atoms with Gasteiger partial charge in [0.1, 0.15) is 0 Å². The number of unbranched alkanes of at least 4 members (excludes halogenated alkanes) is 2. The Kier molecular flexibility index (Phi) is 6.96. The van der Waals surface area contributed by atoms with Gasteiger partial charge in [0, 0.05) is 11.8 Å². The van der Waals surface area contributed by atoms with Crippen LogP contribution in [0.5, 0.6) is 0 Å². The van der Waals surface area contributed by atoms with Gasteiger partial charge in [-0.1, -0.05) is 22.4 Å². The summed E-state index contributed by atoms with van der Waals surface area (Å²) in [5.74, 6) is 4.30. The van der Waals surface area contributed by atoms with Crippen LogP contribution in [0.15, 0.2) is 0 Å². The minimum absolute atomic E-state index is 0.324. The molecular weight excluding hydrogens is 198 g/mol. The average molecular weight is 210 g/mol. The van der Waals surface area contributed by atoms with Crippen LogP contribution >= 0.6 is 15.9 Å². The number of carbonyl (C=O) groups excluding carboxylic acids is 1. The van der Waals surface area contributed by atoms with E-state index in [1.54, 1.807) is 0 Å². The van der Waals surface area contributed by atoms with Crippen molar-refractivity contribution in [1.82, 2.24) is 0 Å². The highest BCUT2D eigenvalue weighted by Crippen LogP contribution is 2.01. The Hall–Kier alpha value is -0.0900. The van der Waals surface area contributed by atoms with E-state index >= 15 is 0 Å². The van der Waals surface area contributed by atoms with Gasteiger partial charge in [-0.15, -0.1) is 0 Å². The van der Waals surface area contributed by atoms with Crippen molar-refractivity contribution in [3.05, 3.63) is 0 Å². The van der Waals surface area contributed by atoms with E-state index in [1.807, 2.05) is 0 Å². The molecule has 0 heterocycles. The summed E-state index contributed by atoms with van der Waals surface area (Å²) in [6.07, 6.45) is 3.43. The van der Waals surface area contributed by atoms with Gasteiger partial charge >= 0.3 is 5.97 Å². The van der Waals surface area contributed by atoms with Gasteiger partial charge in [-0.2, -0.15) is 5.90 Å². The first-order valence-corrected chi connectivity index (χ1v) is 4.39. The highest BCUT2D eigenvalue weighted by atomic mass is 79.9. The topological polar surface area (TPSA) is 52.3 Å². The average Bonchev–Trinajstić information content (AvgIpc) is 1.98. The molecule has 0 aromatic rings. The number of halogens is 1. The summed E-state index contributed by atoms with van der Waals surface area (Å²) in [5, 5.41) is 0.991. The molecule has 2 N–H and O–H groups in total. The fourth-order valence-corrected chi connectivity index (χ4v) is 0.996. The predicted octanol–water partition coefficient (Wildman–Crippen LogP) is 1.36. The van der Waals surface area contributed by atoms with Crippen molar-refractivity contribution in [2.75, 3.05) is 5.33 Å². The standard InChI is InChI=1S/C6H12BrNO2/c7-5-3-1-2-4-6(9)10-8/h1-5,8H2. The highest BCUT2D eigenvalue weighted by molar-refractivity contribution is 9.09. The van der Waals surface area contributed by atoms with E-state index in [2.05, 4.69) is 26.7 Å². The third-order valence-corrected chi connectivity index (χ3v) is 1.71.